The predicted octanol–water partition coefficient (Wildman–Crippen LogP) is 2.54. The third-order valence-corrected chi connectivity index (χ3v) is 1.99. The lowest BCUT2D eigenvalue weighted by atomic mass is 10.1. The van der Waals surface area contributed by atoms with Crippen LogP contribution in [0.3, 0.4) is 0 Å². The molecule has 0 spiro atoms. The molecule has 0 aliphatic heterocycles. The van der Waals surface area contributed by atoms with Crippen molar-refractivity contribution in [1.82, 2.24) is 0 Å². The molecule has 3 nitrogen and oxygen atoms in total. The second-order valence-corrected chi connectivity index (χ2v) is 3.29. The van der Waals surface area contributed by atoms with Crippen LogP contribution in [0.15, 0.2) is 18.2 Å². The van der Waals surface area contributed by atoms with Crippen molar-refractivity contribution in [2.45, 2.75) is 12.6 Å². The van der Waals surface area contributed by atoms with E-state index in [4.69, 9.17) is 9.84 Å². The quantitative estimate of drug-likeness (QED) is 0.829. The largest absolute Gasteiger partial charge is 0.495 e. The summed E-state index contributed by atoms with van der Waals surface area (Å²) < 4.78 is 42.1. The van der Waals surface area contributed by atoms with E-state index in [-0.39, 0.29) is 17.7 Å². The molecule has 1 aromatic carbocycles. The van der Waals surface area contributed by atoms with Crippen LogP contribution in [0.25, 0.3) is 0 Å². The van der Waals surface area contributed by atoms with E-state index in [9.17, 15) is 18.0 Å². The molecule has 6 heteroatoms. The van der Waals surface area contributed by atoms with Gasteiger partial charge in [0.1, 0.15) is 12.2 Å². The molecule has 0 saturated heterocycles. The van der Waals surface area contributed by atoms with Crippen LogP contribution >= 0.6 is 0 Å². The normalized spacial score (nSPS) is 10.4. The van der Waals surface area contributed by atoms with Crippen LogP contribution in [-0.4, -0.2) is 18.2 Å². The minimum Gasteiger partial charge on any atom is -0.495 e. The van der Waals surface area contributed by atoms with Crippen LogP contribution in [0.1, 0.15) is 17.5 Å². The minimum absolute atomic E-state index is 0.0392. The van der Waals surface area contributed by atoms with Gasteiger partial charge in [0.15, 0.2) is 0 Å². The van der Waals surface area contributed by atoms with Crippen LogP contribution in [0.2, 0.25) is 0 Å². The van der Waals surface area contributed by atoms with Gasteiger partial charge in [-0.15, -0.1) is 0 Å². The lowest BCUT2D eigenvalue weighted by Gasteiger charge is -2.09. The highest BCUT2D eigenvalue weighted by atomic mass is 19.4. The van der Waals surface area contributed by atoms with Crippen LogP contribution in [-0.2, 0) is 11.0 Å². The van der Waals surface area contributed by atoms with Gasteiger partial charge >= 0.3 is 12.1 Å². The lowest BCUT2D eigenvalue weighted by molar-refractivity contribution is -0.138. The molecule has 18 heavy (non-hydrogen) atoms. The topological polar surface area (TPSA) is 46.5 Å². The third kappa shape index (κ3) is 3.70. The lowest BCUT2D eigenvalue weighted by Crippen LogP contribution is -2.05. The molecule has 0 saturated carbocycles. The van der Waals surface area contributed by atoms with E-state index in [2.05, 4.69) is 11.8 Å². The Hall–Kier alpha value is -2.16. The average molecular weight is 258 g/mol. The first-order chi connectivity index (χ1) is 8.34. The zero-order valence-corrected chi connectivity index (χ0v) is 9.34. The second-order valence-electron chi connectivity index (χ2n) is 3.29. The maximum Gasteiger partial charge on any atom is 0.416 e. The number of carbonyl (C=O) groups is 1. The van der Waals surface area contributed by atoms with E-state index in [1.54, 1.807) is 0 Å². The van der Waals surface area contributed by atoms with Crippen molar-refractivity contribution in [3.8, 4) is 17.6 Å². The first-order valence-electron chi connectivity index (χ1n) is 4.80. The fraction of sp³-hybridized carbons (Fsp3) is 0.250. The summed E-state index contributed by atoms with van der Waals surface area (Å²) in [6, 6.07) is 2.84. The first kappa shape index (κ1) is 13.9. The van der Waals surface area contributed by atoms with Gasteiger partial charge in [-0.1, -0.05) is 11.8 Å². The zero-order valence-electron chi connectivity index (χ0n) is 9.34. The third-order valence-electron chi connectivity index (χ3n) is 1.99. The zero-order chi connectivity index (χ0) is 13.8. The molecule has 0 aliphatic rings. The summed E-state index contributed by atoms with van der Waals surface area (Å²) in [5.41, 5.74) is -0.630. The summed E-state index contributed by atoms with van der Waals surface area (Å²) >= 11 is 0. The maximum absolute atomic E-state index is 12.4. The number of halogens is 3. The summed E-state index contributed by atoms with van der Waals surface area (Å²) in [5, 5.41) is 8.39. The van der Waals surface area contributed by atoms with Crippen molar-refractivity contribution in [2.24, 2.45) is 0 Å². The molecule has 0 amide bonds. The highest BCUT2D eigenvalue weighted by Crippen LogP contribution is 2.32. The van der Waals surface area contributed by atoms with Crippen molar-refractivity contribution < 1.29 is 27.8 Å². The van der Waals surface area contributed by atoms with Gasteiger partial charge in [-0.2, -0.15) is 13.2 Å². The predicted molar refractivity (Wildman–Crippen MR) is 57.1 cm³/mol. The summed E-state index contributed by atoms with van der Waals surface area (Å²) in [4.78, 5) is 10.2. The number of hydrogen-bond acceptors (Lipinski definition) is 2. The Balaban J connectivity index is 3.07. The molecule has 96 valence electrons. The summed E-state index contributed by atoms with van der Waals surface area (Å²) in [6.07, 6.45) is -4.84. The van der Waals surface area contributed by atoms with Crippen LogP contribution < -0.4 is 4.74 Å². The van der Waals surface area contributed by atoms with E-state index in [1.807, 2.05) is 0 Å². The van der Waals surface area contributed by atoms with E-state index in [1.165, 1.54) is 7.11 Å². The van der Waals surface area contributed by atoms with Gasteiger partial charge in [-0.05, 0) is 18.2 Å². The molecule has 0 radical (unpaired) electrons. The van der Waals surface area contributed by atoms with Gasteiger partial charge in [0.2, 0.25) is 0 Å². The van der Waals surface area contributed by atoms with Gasteiger partial charge < -0.3 is 9.84 Å². The highest BCUT2D eigenvalue weighted by Gasteiger charge is 2.31. The summed E-state index contributed by atoms with van der Waals surface area (Å²) in [5.74, 6) is 3.63. The van der Waals surface area contributed by atoms with Gasteiger partial charge in [0.25, 0.3) is 0 Å². The number of alkyl halides is 3. The fourth-order valence-corrected chi connectivity index (χ4v) is 1.19. The van der Waals surface area contributed by atoms with Crippen LogP contribution in [0.5, 0.6) is 5.75 Å². The first-order valence-corrected chi connectivity index (χ1v) is 4.80. The molecule has 0 atom stereocenters. The van der Waals surface area contributed by atoms with Gasteiger partial charge in [0.05, 0.1) is 18.2 Å². The number of hydrogen-bond donors (Lipinski definition) is 1. The van der Waals surface area contributed by atoms with E-state index in [0.717, 1.165) is 18.2 Å². The van der Waals surface area contributed by atoms with Crippen molar-refractivity contribution >= 4 is 5.97 Å². The van der Waals surface area contributed by atoms with Crippen molar-refractivity contribution in [1.29, 1.82) is 0 Å². The van der Waals surface area contributed by atoms with Gasteiger partial charge in [-0.3, -0.25) is 4.79 Å². The van der Waals surface area contributed by atoms with E-state index in [0.29, 0.717) is 0 Å². The van der Waals surface area contributed by atoms with Gasteiger partial charge in [0, 0.05) is 0 Å². The molecule has 0 bridgehead atoms. The SMILES string of the molecule is COc1cc(C(F)(F)F)ccc1C#CCC(=O)O. The molecular formula is C12H9F3O3. The van der Waals surface area contributed by atoms with Crippen molar-refractivity contribution in [2.75, 3.05) is 7.11 Å². The molecule has 0 aromatic heterocycles. The molecule has 0 unspecified atom stereocenters. The number of methoxy groups -OCH3 is 1. The molecule has 0 heterocycles. The number of aliphatic carboxylic acids is 1. The molecule has 1 aromatic rings. The number of carboxylic acid groups (broad SMARTS) is 1. The van der Waals surface area contributed by atoms with Gasteiger partial charge in [-0.25, -0.2) is 0 Å². The van der Waals surface area contributed by atoms with E-state index >= 15 is 0 Å². The van der Waals surface area contributed by atoms with Crippen LogP contribution in [0, 0.1) is 11.8 Å². The van der Waals surface area contributed by atoms with Crippen LogP contribution in [0.4, 0.5) is 13.2 Å². The number of rotatable bonds is 2. The Morgan fingerprint density at radius 3 is 2.61 bits per heavy atom. The van der Waals surface area contributed by atoms with Crippen molar-refractivity contribution in [3.05, 3.63) is 29.3 Å². The second kappa shape index (κ2) is 5.45. The minimum atomic E-state index is -4.46. The highest BCUT2D eigenvalue weighted by molar-refractivity contribution is 5.70. The maximum atomic E-state index is 12.4. The van der Waals surface area contributed by atoms with Crippen molar-refractivity contribution in [3.63, 3.8) is 0 Å². The van der Waals surface area contributed by atoms with E-state index < -0.39 is 17.7 Å². The monoisotopic (exact) mass is 258 g/mol. The summed E-state index contributed by atoms with van der Waals surface area (Å²) in [7, 11) is 1.22. The summed E-state index contributed by atoms with van der Waals surface area (Å²) in [6.45, 7) is 0. The molecular weight excluding hydrogens is 249 g/mol. The Labute approximate surface area is 101 Å². The molecule has 1 N–H and O–H groups in total. The molecule has 0 aliphatic carbocycles. The average Bonchev–Trinajstić information content (AvgIpc) is 2.27. The Morgan fingerprint density at radius 1 is 1.44 bits per heavy atom. The molecule has 1 rings (SSSR count). The number of ether oxygens (including phenoxy) is 1. The Bertz CT molecular complexity index is 510. The number of carboxylic acids is 1. The molecule has 0 fully saturated rings. The standard InChI is InChI=1S/C12H9F3O3/c1-18-10-7-9(12(13,14)15)6-5-8(10)3-2-4-11(16)17/h5-7H,4H2,1H3,(H,16,17). The number of benzene rings is 1. The Kier molecular flexibility index (Phi) is 4.21. The smallest absolute Gasteiger partial charge is 0.416 e. The fourth-order valence-electron chi connectivity index (χ4n) is 1.19. The Morgan fingerprint density at radius 2 is 2.11 bits per heavy atom.